The molecule has 2 nitrogen and oxygen atoms in total. The molecular weight excluding hydrogens is 253 g/mol. The summed E-state index contributed by atoms with van der Waals surface area (Å²) in [4.78, 5) is 0. The molecule has 1 rings (SSSR count). The van der Waals surface area contributed by atoms with Crippen molar-refractivity contribution in [2.24, 2.45) is 0 Å². The molecule has 1 aromatic rings. The molecule has 102 valence electrons. The van der Waals surface area contributed by atoms with E-state index in [1.54, 1.807) is 6.07 Å². The van der Waals surface area contributed by atoms with Crippen LogP contribution in [0.2, 0.25) is 5.02 Å². The number of halogens is 2. The van der Waals surface area contributed by atoms with Crippen molar-refractivity contribution in [3.05, 3.63) is 29.0 Å². The van der Waals surface area contributed by atoms with Gasteiger partial charge in [0.05, 0.1) is 11.1 Å². The monoisotopic (exact) mass is 273 g/mol. The molecule has 0 fully saturated rings. The van der Waals surface area contributed by atoms with Crippen molar-refractivity contribution in [2.45, 2.75) is 45.8 Å². The SMILES string of the molecule is CC(C)NCCCC(C)Oc1ccc(F)c(Cl)c1. The Bertz CT molecular complexity index is 371. The highest BCUT2D eigenvalue weighted by molar-refractivity contribution is 6.30. The standard InChI is InChI=1S/C14H21ClFNO/c1-10(2)17-8-4-5-11(3)18-12-6-7-14(16)13(15)9-12/h6-7,9-11,17H,4-5,8H2,1-3H3. The topological polar surface area (TPSA) is 21.3 Å². The largest absolute Gasteiger partial charge is 0.491 e. The Morgan fingerprint density at radius 1 is 1.33 bits per heavy atom. The zero-order chi connectivity index (χ0) is 13.5. The van der Waals surface area contributed by atoms with Gasteiger partial charge in [-0.25, -0.2) is 4.39 Å². The van der Waals surface area contributed by atoms with Gasteiger partial charge in [0, 0.05) is 12.1 Å². The molecule has 0 aliphatic carbocycles. The number of hydrogen-bond acceptors (Lipinski definition) is 2. The average Bonchev–Trinajstić information content (AvgIpc) is 2.29. The number of hydrogen-bond donors (Lipinski definition) is 1. The Kier molecular flexibility index (Phi) is 6.44. The number of ether oxygens (including phenoxy) is 1. The summed E-state index contributed by atoms with van der Waals surface area (Å²) in [5, 5.41) is 3.45. The van der Waals surface area contributed by atoms with Crippen LogP contribution in [0.25, 0.3) is 0 Å². The summed E-state index contributed by atoms with van der Waals surface area (Å²) < 4.78 is 18.6. The molecule has 0 saturated carbocycles. The molecule has 0 amide bonds. The first kappa shape index (κ1) is 15.3. The zero-order valence-corrected chi connectivity index (χ0v) is 11.9. The second-order valence-corrected chi connectivity index (χ2v) is 5.16. The maximum atomic E-state index is 13.0. The second kappa shape index (κ2) is 7.59. The Hall–Kier alpha value is -0.800. The van der Waals surface area contributed by atoms with E-state index in [2.05, 4.69) is 19.2 Å². The number of rotatable bonds is 7. The van der Waals surface area contributed by atoms with Crippen LogP contribution in [0.3, 0.4) is 0 Å². The highest BCUT2D eigenvalue weighted by Crippen LogP contribution is 2.22. The fourth-order valence-electron chi connectivity index (χ4n) is 1.62. The number of benzene rings is 1. The Morgan fingerprint density at radius 2 is 2.06 bits per heavy atom. The molecule has 1 atom stereocenters. The summed E-state index contributed by atoms with van der Waals surface area (Å²) in [5.41, 5.74) is 0. The van der Waals surface area contributed by atoms with E-state index in [1.807, 2.05) is 6.92 Å². The molecule has 0 saturated heterocycles. The van der Waals surface area contributed by atoms with Gasteiger partial charge in [0.25, 0.3) is 0 Å². The van der Waals surface area contributed by atoms with Gasteiger partial charge in [-0.1, -0.05) is 25.4 Å². The Morgan fingerprint density at radius 3 is 2.67 bits per heavy atom. The van der Waals surface area contributed by atoms with Crippen molar-refractivity contribution in [1.29, 1.82) is 0 Å². The molecule has 0 spiro atoms. The molecule has 1 N–H and O–H groups in total. The minimum atomic E-state index is -0.419. The minimum absolute atomic E-state index is 0.0977. The summed E-state index contributed by atoms with van der Waals surface area (Å²) in [6.07, 6.45) is 2.10. The molecule has 1 unspecified atom stereocenters. The third-order valence-corrected chi connectivity index (χ3v) is 2.86. The van der Waals surface area contributed by atoms with Gasteiger partial charge >= 0.3 is 0 Å². The predicted molar refractivity (Wildman–Crippen MR) is 73.9 cm³/mol. The van der Waals surface area contributed by atoms with E-state index < -0.39 is 5.82 Å². The van der Waals surface area contributed by atoms with E-state index in [1.165, 1.54) is 12.1 Å². The minimum Gasteiger partial charge on any atom is -0.491 e. The molecule has 0 aliphatic rings. The van der Waals surface area contributed by atoms with Gasteiger partial charge in [0.1, 0.15) is 11.6 Å². The highest BCUT2D eigenvalue weighted by Gasteiger charge is 2.06. The van der Waals surface area contributed by atoms with Crippen molar-refractivity contribution in [3.8, 4) is 5.75 Å². The molecule has 0 aromatic heterocycles. The van der Waals surface area contributed by atoms with Gasteiger partial charge < -0.3 is 10.1 Å². The van der Waals surface area contributed by atoms with Gasteiger partial charge in [-0.3, -0.25) is 0 Å². The first-order valence-corrected chi connectivity index (χ1v) is 6.72. The van der Waals surface area contributed by atoms with Gasteiger partial charge in [-0.2, -0.15) is 0 Å². The molecule has 1 aromatic carbocycles. The van der Waals surface area contributed by atoms with Crippen LogP contribution in [0.1, 0.15) is 33.6 Å². The fourth-order valence-corrected chi connectivity index (χ4v) is 1.79. The lowest BCUT2D eigenvalue weighted by atomic mass is 10.2. The molecule has 0 radical (unpaired) electrons. The van der Waals surface area contributed by atoms with Crippen LogP contribution >= 0.6 is 11.6 Å². The highest BCUT2D eigenvalue weighted by atomic mass is 35.5. The third-order valence-electron chi connectivity index (χ3n) is 2.57. The van der Waals surface area contributed by atoms with Gasteiger partial charge in [-0.15, -0.1) is 0 Å². The molecule has 0 heterocycles. The average molecular weight is 274 g/mol. The summed E-state index contributed by atoms with van der Waals surface area (Å²) in [7, 11) is 0. The van der Waals surface area contributed by atoms with Crippen LogP contribution in [0.4, 0.5) is 4.39 Å². The Balaban J connectivity index is 2.31. The summed E-state index contributed by atoms with van der Waals surface area (Å²) >= 11 is 5.69. The van der Waals surface area contributed by atoms with Crippen LogP contribution in [0.5, 0.6) is 5.75 Å². The van der Waals surface area contributed by atoms with E-state index in [-0.39, 0.29) is 11.1 Å². The predicted octanol–water partition coefficient (Wildman–Crippen LogP) is 4.02. The lowest BCUT2D eigenvalue weighted by Crippen LogP contribution is -2.25. The van der Waals surface area contributed by atoms with Crippen molar-refractivity contribution in [2.75, 3.05) is 6.54 Å². The smallest absolute Gasteiger partial charge is 0.142 e. The molecule has 18 heavy (non-hydrogen) atoms. The van der Waals surface area contributed by atoms with Gasteiger partial charge in [0.2, 0.25) is 0 Å². The Labute approximate surface area is 113 Å². The van der Waals surface area contributed by atoms with E-state index in [0.29, 0.717) is 11.8 Å². The van der Waals surface area contributed by atoms with E-state index >= 15 is 0 Å². The fraction of sp³-hybridized carbons (Fsp3) is 0.571. The van der Waals surface area contributed by atoms with E-state index in [4.69, 9.17) is 16.3 Å². The quantitative estimate of drug-likeness (QED) is 0.758. The van der Waals surface area contributed by atoms with Crippen molar-refractivity contribution in [1.82, 2.24) is 5.32 Å². The molecule has 0 bridgehead atoms. The van der Waals surface area contributed by atoms with E-state index in [9.17, 15) is 4.39 Å². The van der Waals surface area contributed by atoms with Crippen LogP contribution in [0.15, 0.2) is 18.2 Å². The maximum absolute atomic E-state index is 13.0. The molecule has 4 heteroatoms. The first-order valence-electron chi connectivity index (χ1n) is 6.34. The van der Waals surface area contributed by atoms with Gasteiger partial charge in [0.15, 0.2) is 0 Å². The summed E-state index contributed by atoms with van der Waals surface area (Å²) in [5.74, 6) is 0.198. The lowest BCUT2D eigenvalue weighted by molar-refractivity contribution is 0.207. The number of nitrogens with one attached hydrogen (secondary N) is 1. The van der Waals surface area contributed by atoms with E-state index in [0.717, 1.165) is 19.4 Å². The van der Waals surface area contributed by atoms with Crippen molar-refractivity contribution < 1.29 is 9.13 Å². The van der Waals surface area contributed by atoms with Gasteiger partial charge in [-0.05, 0) is 38.4 Å². The van der Waals surface area contributed by atoms with Crippen LogP contribution < -0.4 is 10.1 Å². The third kappa shape index (κ3) is 5.69. The van der Waals surface area contributed by atoms with Crippen LogP contribution in [0, 0.1) is 5.82 Å². The molecular formula is C14H21ClFNO. The molecule has 0 aliphatic heterocycles. The lowest BCUT2D eigenvalue weighted by Gasteiger charge is -2.15. The maximum Gasteiger partial charge on any atom is 0.142 e. The van der Waals surface area contributed by atoms with Crippen LogP contribution in [-0.4, -0.2) is 18.7 Å². The van der Waals surface area contributed by atoms with Crippen molar-refractivity contribution >= 4 is 11.6 Å². The summed E-state index contributed by atoms with van der Waals surface area (Å²) in [6.45, 7) is 7.24. The zero-order valence-electron chi connectivity index (χ0n) is 11.2. The summed E-state index contributed by atoms with van der Waals surface area (Å²) in [6, 6.07) is 4.95. The normalized spacial score (nSPS) is 12.8. The second-order valence-electron chi connectivity index (χ2n) is 4.76. The van der Waals surface area contributed by atoms with Crippen molar-refractivity contribution in [3.63, 3.8) is 0 Å². The van der Waals surface area contributed by atoms with Crippen LogP contribution in [-0.2, 0) is 0 Å². The first-order chi connectivity index (χ1) is 8.49.